The van der Waals surface area contributed by atoms with E-state index in [9.17, 15) is 26.4 Å². The summed E-state index contributed by atoms with van der Waals surface area (Å²) in [7, 11) is -3.23. The van der Waals surface area contributed by atoms with Crippen LogP contribution in [0.2, 0.25) is 0 Å². The van der Waals surface area contributed by atoms with Crippen LogP contribution in [0.1, 0.15) is 29.4 Å². The summed E-state index contributed by atoms with van der Waals surface area (Å²) in [5.74, 6) is -2.36. The van der Waals surface area contributed by atoms with Gasteiger partial charge in [0.2, 0.25) is 11.7 Å². The minimum absolute atomic E-state index is 0.0264. The minimum atomic E-state index is -4.60. The molecule has 6 nitrogen and oxygen atoms in total. The van der Waals surface area contributed by atoms with Crippen LogP contribution in [0.25, 0.3) is 11.0 Å². The van der Waals surface area contributed by atoms with Crippen molar-refractivity contribution in [3.05, 3.63) is 65.5 Å². The molecule has 10 heteroatoms. The lowest BCUT2D eigenvalue weighted by atomic mass is 9.97. The van der Waals surface area contributed by atoms with Gasteiger partial charge >= 0.3 is 6.18 Å². The number of carbonyl (C=O) groups excluding carboxylic acids is 1. The average molecular weight is 437 g/mol. The van der Waals surface area contributed by atoms with Gasteiger partial charge in [0.25, 0.3) is 0 Å². The second kappa shape index (κ2) is 7.42. The Morgan fingerprint density at radius 2 is 1.87 bits per heavy atom. The molecule has 4 rings (SSSR count). The molecule has 1 aliphatic heterocycles. The van der Waals surface area contributed by atoms with Gasteiger partial charge < -0.3 is 10.3 Å². The molecule has 0 saturated carbocycles. The summed E-state index contributed by atoms with van der Waals surface area (Å²) in [6.45, 7) is 0. The molecule has 2 heterocycles. The lowest BCUT2D eigenvalue weighted by Gasteiger charge is -2.21. The first-order valence-electron chi connectivity index (χ1n) is 9.25. The third kappa shape index (κ3) is 4.18. The van der Waals surface area contributed by atoms with Crippen molar-refractivity contribution in [2.24, 2.45) is 5.92 Å². The van der Waals surface area contributed by atoms with Crippen molar-refractivity contribution in [3.8, 4) is 0 Å². The van der Waals surface area contributed by atoms with Gasteiger partial charge in [-0.3, -0.25) is 4.79 Å². The molecule has 1 fully saturated rings. The summed E-state index contributed by atoms with van der Waals surface area (Å²) in [6, 6.07) is 12.9. The fourth-order valence-electron chi connectivity index (χ4n) is 3.61. The monoisotopic (exact) mass is 437 g/mol. The fraction of sp³-hybridized carbons (Fsp3) is 0.300. The number of hydrogen-bond donors (Lipinski definition) is 2. The summed E-state index contributed by atoms with van der Waals surface area (Å²) in [6.07, 6.45) is -4.34. The van der Waals surface area contributed by atoms with Gasteiger partial charge in [-0.05, 0) is 29.7 Å². The van der Waals surface area contributed by atoms with Crippen molar-refractivity contribution in [2.75, 3.05) is 11.5 Å². The van der Waals surface area contributed by atoms with E-state index in [4.69, 9.17) is 0 Å². The Hall–Kier alpha value is -2.88. The standard InChI is InChI=1S/C20H18F3N3O3S/c21-20(22,23)19-24-15-7-6-13(10-16(15)25-19)17(12-4-2-1-3-5-12)26-18(27)14-8-9-30(28,29)11-14/h1-7,10,14,17H,8-9,11H2,(H,24,25)(H,26,27). The first-order chi connectivity index (χ1) is 14.1. The smallest absolute Gasteiger partial charge is 0.345 e. The lowest BCUT2D eigenvalue weighted by Crippen LogP contribution is -2.35. The highest BCUT2D eigenvalue weighted by Crippen LogP contribution is 2.31. The number of benzene rings is 2. The Labute approximate surface area is 170 Å². The predicted molar refractivity (Wildman–Crippen MR) is 104 cm³/mol. The van der Waals surface area contributed by atoms with E-state index in [1.165, 1.54) is 12.1 Å². The normalized spacial score (nSPS) is 19.6. The number of fused-ring (bicyclic) bond motifs is 1. The number of aromatic amines is 1. The highest BCUT2D eigenvalue weighted by atomic mass is 32.2. The van der Waals surface area contributed by atoms with Gasteiger partial charge in [-0.1, -0.05) is 36.4 Å². The van der Waals surface area contributed by atoms with E-state index in [0.29, 0.717) is 5.56 Å². The quantitative estimate of drug-likeness (QED) is 0.656. The number of aromatic nitrogens is 2. The number of imidazole rings is 1. The number of H-pyrrole nitrogens is 1. The van der Waals surface area contributed by atoms with Crippen molar-refractivity contribution in [3.63, 3.8) is 0 Å². The molecule has 0 bridgehead atoms. The van der Waals surface area contributed by atoms with E-state index >= 15 is 0 Å². The van der Waals surface area contributed by atoms with Crippen LogP contribution in [0, 0.1) is 5.92 Å². The van der Waals surface area contributed by atoms with E-state index in [1.807, 2.05) is 0 Å². The maximum absolute atomic E-state index is 13.0. The van der Waals surface area contributed by atoms with E-state index < -0.39 is 39.7 Å². The maximum atomic E-state index is 13.0. The summed E-state index contributed by atoms with van der Waals surface area (Å²) in [5, 5.41) is 2.87. The van der Waals surface area contributed by atoms with Gasteiger partial charge in [-0.25, -0.2) is 13.4 Å². The van der Waals surface area contributed by atoms with E-state index in [2.05, 4.69) is 15.3 Å². The number of hydrogen-bond acceptors (Lipinski definition) is 4. The highest BCUT2D eigenvalue weighted by Gasteiger charge is 2.36. The van der Waals surface area contributed by atoms with Crippen molar-refractivity contribution in [1.82, 2.24) is 15.3 Å². The lowest BCUT2D eigenvalue weighted by molar-refractivity contribution is -0.144. The number of halogens is 3. The second-order valence-electron chi connectivity index (χ2n) is 7.31. The Morgan fingerprint density at radius 3 is 2.50 bits per heavy atom. The second-order valence-corrected chi connectivity index (χ2v) is 9.54. The summed E-state index contributed by atoms with van der Waals surface area (Å²) >= 11 is 0. The molecule has 2 atom stereocenters. The molecule has 0 spiro atoms. The number of nitrogens with zero attached hydrogens (tertiary/aromatic N) is 1. The van der Waals surface area contributed by atoms with Crippen LogP contribution in [0.3, 0.4) is 0 Å². The Bertz CT molecular complexity index is 1190. The van der Waals surface area contributed by atoms with E-state index in [1.54, 1.807) is 36.4 Å². The topological polar surface area (TPSA) is 91.9 Å². The van der Waals surface area contributed by atoms with Crippen molar-refractivity contribution >= 4 is 26.8 Å². The van der Waals surface area contributed by atoms with Crippen LogP contribution in [-0.4, -0.2) is 35.8 Å². The predicted octanol–water partition coefficient (Wildman–Crippen LogP) is 3.22. The van der Waals surface area contributed by atoms with Crippen LogP contribution < -0.4 is 5.32 Å². The fourth-order valence-corrected chi connectivity index (χ4v) is 5.35. The minimum Gasteiger partial charge on any atom is -0.345 e. The first-order valence-corrected chi connectivity index (χ1v) is 11.1. The third-order valence-electron chi connectivity index (χ3n) is 5.13. The zero-order valence-corrected chi connectivity index (χ0v) is 16.4. The van der Waals surface area contributed by atoms with E-state index in [-0.39, 0.29) is 29.0 Å². The molecule has 1 aromatic heterocycles. The molecule has 1 amide bonds. The largest absolute Gasteiger partial charge is 0.449 e. The molecule has 1 saturated heterocycles. The average Bonchev–Trinajstić information content (AvgIpc) is 3.29. The summed E-state index contributed by atoms with van der Waals surface area (Å²) in [4.78, 5) is 18.6. The van der Waals surface area contributed by atoms with Crippen molar-refractivity contribution in [1.29, 1.82) is 0 Å². The molecule has 158 valence electrons. The molecule has 2 N–H and O–H groups in total. The molecule has 2 unspecified atom stereocenters. The SMILES string of the molecule is O=C(NC(c1ccccc1)c1ccc2nc(C(F)(F)F)[nH]c2c1)C1CCS(=O)(=O)C1. The first kappa shape index (κ1) is 20.4. The summed E-state index contributed by atoms with van der Waals surface area (Å²) < 4.78 is 62.3. The molecule has 2 aromatic carbocycles. The van der Waals surface area contributed by atoms with Gasteiger partial charge in [-0.2, -0.15) is 13.2 Å². The number of rotatable bonds is 4. The van der Waals surface area contributed by atoms with Crippen LogP contribution in [0.4, 0.5) is 13.2 Å². The molecular formula is C20H18F3N3O3S. The Morgan fingerprint density at radius 1 is 1.13 bits per heavy atom. The summed E-state index contributed by atoms with van der Waals surface area (Å²) in [5.41, 5.74) is 1.63. The van der Waals surface area contributed by atoms with Crippen molar-refractivity contribution in [2.45, 2.75) is 18.6 Å². The number of amides is 1. The van der Waals surface area contributed by atoms with Gasteiger partial charge in [0.05, 0.1) is 34.5 Å². The third-order valence-corrected chi connectivity index (χ3v) is 6.90. The molecule has 0 aliphatic carbocycles. The van der Waals surface area contributed by atoms with Gasteiger partial charge in [0.1, 0.15) is 0 Å². The van der Waals surface area contributed by atoms with Crippen LogP contribution in [-0.2, 0) is 20.8 Å². The van der Waals surface area contributed by atoms with Crippen LogP contribution in [0.15, 0.2) is 48.5 Å². The number of nitrogens with one attached hydrogen (secondary N) is 2. The number of carbonyl (C=O) groups is 1. The van der Waals surface area contributed by atoms with Gasteiger partial charge in [0.15, 0.2) is 9.84 Å². The molecule has 30 heavy (non-hydrogen) atoms. The Kier molecular flexibility index (Phi) is 5.05. The van der Waals surface area contributed by atoms with Crippen LogP contribution >= 0.6 is 0 Å². The maximum Gasteiger partial charge on any atom is 0.449 e. The van der Waals surface area contributed by atoms with Crippen LogP contribution in [0.5, 0.6) is 0 Å². The number of alkyl halides is 3. The zero-order valence-electron chi connectivity index (χ0n) is 15.6. The highest BCUT2D eigenvalue weighted by molar-refractivity contribution is 7.91. The molecule has 0 radical (unpaired) electrons. The molecule has 1 aliphatic rings. The van der Waals surface area contributed by atoms with Gasteiger partial charge in [0, 0.05) is 0 Å². The zero-order chi connectivity index (χ0) is 21.5. The van der Waals surface area contributed by atoms with Crippen molar-refractivity contribution < 1.29 is 26.4 Å². The Balaban J connectivity index is 1.69. The molecule has 3 aromatic rings. The van der Waals surface area contributed by atoms with Gasteiger partial charge in [-0.15, -0.1) is 0 Å². The molecular weight excluding hydrogens is 419 g/mol. The van der Waals surface area contributed by atoms with E-state index in [0.717, 1.165) is 5.56 Å². The number of sulfone groups is 1.